The maximum absolute atomic E-state index is 13.4. The van der Waals surface area contributed by atoms with E-state index in [-0.39, 0.29) is 19.6 Å². The molecule has 7 nitrogen and oxygen atoms in total. The molecule has 1 aromatic rings. The largest absolute Gasteiger partial charge is 0.459 e. The highest BCUT2D eigenvalue weighted by Crippen LogP contribution is 2.54. The third-order valence-corrected chi connectivity index (χ3v) is 7.70. The molecule has 9 heteroatoms. The predicted octanol–water partition coefficient (Wildman–Crippen LogP) is 5.96. The molecule has 1 heterocycles. The van der Waals surface area contributed by atoms with E-state index >= 15 is 0 Å². The van der Waals surface area contributed by atoms with Crippen molar-refractivity contribution in [3.63, 3.8) is 0 Å². The third-order valence-electron chi connectivity index (χ3n) is 4.30. The minimum absolute atomic E-state index is 0.125. The second kappa shape index (κ2) is 13.6. The molecule has 0 N–H and O–H groups in total. The highest BCUT2D eigenvalue weighted by Gasteiger charge is 2.44. The number of hydrogen-bond acceptors (Lipinski definition) is 8. The van der Waals surface area contributed by atoms with Crippen molar-refractivity contribution in [3.05, 3.63) is 10.0 Å². The zero-order chi connectivity index (χ0) is 22.6. The van der Waals surface area contributed by atoms with Gasteiger partial charge in [-0.25, -0.2) is 0 Å². The fourth-order valence-electron chi connectivity index (χ4n) is 2.96. The zero-order valence-corrected chi connectivity index (χ0v) is 21.2. The molecule has 0 fully saturated rings. The van der Waals surface area contributed by atoms with Crippen LogP contribution in [0.2, 0.25) is 0 Å². The Bertz CT molecular complexity index is 665. The van der Waals surface area contributed by atoms with Gasteiger partial charge in [-0.2, -0.15) is 0 Å². The van der Waals surface area contributed by atoms with Gasteiger partial charge in [0.25, 0.3) is 0 Å². The van der Waals surface area contributed by atoms with Crippen LogP contribution in [0.3, 0.4) is 0 Å². The minimum Gasteiger partial charge on any atom is -0.459 e. The number of nitrogens with zero attached hydrogens (tertiary/aromatic N) is 2. The summed E-state index contributed by atoms with van der Waals surface area (Å²) in [7, 11) is -3.70. The predicted molar refractivity (Wildman–Crippen MR) is 121 cm³/mol. The lowest BCUT2D eigenvalue weighted by molar-refractivity contribution is -0.154. The lowest BCUT2D eigenvalue weighted by atomic mass is 10.1. The average Bonchev–Trinajstić information content (AvgIpc) is 3.09. The number of carbonyl (C=O) groups excluding carboxylic acids is 1. The number of aryl methyl sites for hydroxylation is 1. The van der Waals surface area contributed by atoms with E-state index in [0.29, 0.717) is 5.01 Å². The van der Waals surface area contributed by atoms with Gasteiger partial charge in [-0.3, -0.25) is 9.36 Å². The van der Waals surface area contributed by atoms with Crippen molar-refractivity contribution in [1.82, 2.24) is 10.2 Å². The summed E-state index contributed by atoms with van der Waals surface area (Å²) in [6.07, 6.45) is 8.30. The molecule has 30 heavy (non-hydrogen) atoms. The molecule has 0 aliphatic rings. The lowest BCUT2D eigenvalue weighted by Crippen LogP contribution is -2.34. The maximum Gasteiger partial charge on any atom is 0.345 e. The van der Waals surface area contributed by atoms with E-state index in [1.165, 1.54) is 43.4 Å². The van der Waals surface area contributed by atoms with Gasteiger partial charge in [0.05, 0.1) is 13.2 Å². The third kappa shape index (κ3) is 9.99. The monoisotopic (exact) mass is 462 g/mol. The van der Waals surface area contributed by atoms with Crippen molar-refractivity contribution in [2.75, 3.05) is 13.2 Å². The van der Waals surface area contributed by atoms with Crippen LogP contribution in [0, 0.1) is 0 Å². The van der Waals surface area contributed by atoms with Crippen LogP contribution in [-0.2, 0) is 36.0 Å². The number of hydrogen-bond donors (Lipinski definition) is 0. The molecule has 174 valence electrons. The van der Waals surface area contributed by atoms with Gasteiger partial charge in [0, 0.05) is 12.8 Å². The van der Waals surface area contributed by atoms with E-state index in [2.05, 4.69) is 17.1 Å². The van der Waals surface area contributed by atoms with Gasteiger partial charge < -0.3 is 13.8 Å². The molecule has 0 aliphatic heterocycles. The van der Waals surface area contributed by atoms with E-state index in [9.17, 15) is 9.36 Å². The SMILES string of the molecule is CCCCCCCCc1nnc(CC(C(=O)OC(C)(C)C)P(=O)(OCC)OCC)s1. The summed E-state index contributed by atoms with van der Waals surface area (Å²) in [5.41, 5.74) is -1.77. The highest BCUT2D eigenvalue weighted by molar-refractivity contribution is 7.55. The van der Waals surface area contributed by atoms with Crippen LogP contribution in [0.15, 0.2) is 0 Å². The maximum atomic E-state index is 13.4. The fourth-order valence-corrected chi connectivity index (χ4v) is 5.88. The van der Waals surface area contributed by atoms with Crippen LogP contribution < -0.4 is 0 Å². The van der Waals surface area contributed by atoms with E-state index < -0.39 is 24.8 Å². The van der Waals surface area contributed by atoms with Crippen LogP contribution >= 0.6 is 18.9 Å². The highest BCUT2D eigenvalue weighted by atomic mass is 32.1. The molecule has 1 aromatic heterocycles. The van der Waals surface area contributed by atoms with Crippen molar-refractivity contribution in [2.45, 2.75) is 104 Å². The standard InChI is InChI=1S/C21H39N2O5PS/c1-7-10-11-12-13-14-15-18-22-23-19(30-18)16-17(20(24)28-21(4,5)6)29(25,26-8-2)27-9-3/h17H,7-16H2,1-6H3. The second-order valence-corrected chi connectivity index (χ2v) is 11.6. The minimum atomic E-state index is -3.70. The molecule has 0 saturated carbocycles. The van der Waals surface area contributed by atoms with Gasteiger partial charge in [0.2, 0.25) is 0 Å². The summed E-state index contributed by atoms with van der Waals surface area (Å²) < 4.78 is 29.8. The number of esters is 1. The Morgan fingerprint density at radius 3 is 2.10 bits per heavy atom. The smallest absolute Gasteiger partial charge is 0.345 e. The normalized spacial score (nSPS) is 13.4. The molecular weight excluding hydrogens is 423 g/mol. The van der Waals surface area contributed by atoms with Gasteiger partial charge in [0.15, 0.2) is 5.66 Å². The summed E-state index contributed by atoms with van der Waals surface area (Å²) in [4.78, 5) is 12.9. The van der Waals surface area contributed by atoms with Crippen molar-refractivity contribution < 1.29 is 23.1 Å². The van der Waals surface area contributed by atoms with Crippen LogP contribution in [0.5, 0.6) is 0 Å². The topological polar surface area (TPSA) is 87.6 Å². The van der Waals surface area contributed by atoms with Crippen LogP contribution in [0.1, 0.15) is 90.1 Å². The van der Waals surface area contributed by atoms with E-state index in [4.69, 9.17) is 13.8 Å². The molecule has 1 atom stereocenters. The molecule has 0 bridgehead atoms. The van der Waals surface area contributed by atoms with Crippen molar-refractivity contribution >= 4 is 24.9 Å². The number of ether oxygens (including phenoxy) is 1. The first-order valence-corrected chi connectivity index (χ1v) is 13.5. The number of rotatable bonds is 15. The molecule has 0 amide bonds. The second-order valence-electron chi connectivity index (χ2n) is 8.24. The Morgan fingerprint density at radius 2 is 1.53 bits per heavy atom. The number of aromatic nitrogens is 2. The van der Waals surface area contributed by atoms with Crippen LogP contribution in [0.25, 0.3) is 0 Å². The molecular formula is C21H39N2O5PS. The first-order valence-electron chi connectivity index (χ1n) is 11.1. The first kappa shape index (κ1) is 27.2. The van der Waals surface area contributed by atoms with Crippen molar-refractivity contribution in [1.29, 1.82) is 0 Å². The van der Waals surface area contributed by atoms with Gasteiger partial charge in [0.1, 0.15) is 15.6 Å². The summed E-state index contributed by atoms with van der Waals surface area (Å²) >= 11 is 1.45. The van der Waals surface area contributed by atoms with E-state index in [1.807, 2.05) is 0 Å². The van der Waals surface area contributed by atoms with E-state index in [0.717, 1.165) is 17.8 Å². The summed E-state index contributed by atoms with van der Waals surface area (Å²) in [5.74, 6) is -0.597. The Morgan fingerprint density at radius 1 is 0.967 bits per heavy atom. The van der Waals surface area contributed by atoms with Gasteiger partial charge >= 0.3 is 13.6 Å². The number of carbonyl (C=O) groups is 1. The summed E-state index contributed by atoms with van der Waals surface area (Å²) in [6.45, 7) is 11.3. The van der Waals surface area contributed by atoms with Gasteiger partial charge in [-0.1, -0.05) is 39.0 Å². The Labute approximate surface area is 185 Å². The molecule has 1 rings (SSSR count). The summed E-state index contributed by atoms with van der Waals surface area (Å²) in [6, 6.07) is 0. The zero-order valence-electron chi connectivity index (χ0n) is 19.4. The lowest BCUT2D eigenvalue weighted by Gasteiger charge is -2.27. The molecule has 0 aromatic carbocycles. The first-order chi connectivity index (χ1) is 14.1. The molecule has 0 spiro atoms. The van der Waals surface area contributed by atoms with Crippen molar-refractivity contribution in [2.24, 2.45) is 0 Å². The van der Waals surface area contributed by atoms with Gasteiger partial charge in [-0.05, 0) is 41.0 Å². The molecule has 0 aliphatic carbocycles. The Balaban J connectivity index is 2.85. The van der Waals surface area contributed by atoms with Gasteiger partial charge in [-0.15, -0.1) is 21.5 Å². The molecule has 0 radical (unpaired) electrons. The molecule has 1 unspecified atom stereocenters. The summed E-state index contributed by atoms with van der Waals surface area (Å²) in [5, 5.41) is 10.1. The van der Waals surface area contributed by atoms with Crippen molar-refractivity contribution in [3.8, 4) is 0 Å². The quantitative estimate of drug-likeness (QED) is 0.180. The van der Waals surface area contributed by atoms with Crippen LogP contribution in [0.4, 0.5) is 0 Å². The number of unbranched alkanes of at least 4 members (excludes halogenated alkanes) is 5. The Kier molecular flexibility index (Phi) is 12.3. The van der Waals surface area contributed by atoms with E-state index in [1.54, 1.807) is 34.6 Å². The Hall–Kier alpha value is -0.820. The van der Waals surface area contributed by atoms with Crippen LogP contribution in [-0.4, -0.2) is 40.6 Å². The fraction of sp³-hybridized carbons (Fsp3) is 0.857. The molecule has 0 saturated heterocycles. The average molecular weight is 463 g/mol.